The van der Waals surface area contributed by atoms with Crippen molar-refractivity contribution in [3.8, 4) is 11.8 Å². The maximum Gasteiger partial charge on any atom is 0.224 e. The molecule has 0 amide bonds. The molecule has 0 spiro atoms. The van der Waals surface area contributed by atoms with Crippen LogP contribution in [0.5, 0.6) is 5.75 Å². The van der Waals surface area contributed by atoms with Crippen molar-refractivity contribution in [1.82, 2.24) is 20.2 Å². The molecule has 28 heavy (non-hydrogen) atoms. The molecule has 0 bridgehead atoms. The van der Waals surface area contributed by atoms with E-state index < -0.39 is 0 Å². The number of aliphatic hydroxyl groups is 1. The number of aromatic amines is 1. The van der Waals surface area contributed by atoms with E-state index in [0.29, 0.717) is 23.7 Å². The van der Waals surface area contributed by atoms with Crippen molar-refractivity contribution in [3.63, 3.8) is 0 Å². The third kappa shape index (κ3) is 4.05. The number of benzene rings is 1. The van der Waals surface area contributed by atoms with Crippen LogP contribution in [0.1, 0.15) is 43.2 Å². The summed E-state index contributed by atoms with van der Waals surface area (Å²) in [5.74, 6) is 1.16. The third-order valence-electron chi connectivity index (χ3n) is 4.41. The van der Waals surface area contributed by atoms with Crippen molar-refractivity contribution in [1.29, 1.82) is 5.26 Å². The highest BCUT2D eigenvalue weighted by molar-refractivity contribution is 5.77. The van der Waals surface area contributed by atoms with Crippen LogP contribution in [0.3, 0.4) is 0 Å². The van der Waals surface area contributed by atoms with Gasteiger partial charge in [0.1, 0.15) is 12.4 Å². The second-order valence-corrected chi connectivity index (χ2v) is 7.60. The molecule has 0 aliphatic heterocycles. The van der Waals surface area contributed by atoms with Gasteiger partial charge < -0.3 is 15.2 Å². The predicted molar refractivity (Wildman–Crippen MR) is 106 cm³/mol. The van der Waals surface area contributed by atoms with Crippen molar-refractivity contribution >= 4 is 17.0 Å². The van der Waals surface area contributed by atoms with E-state index in [1.54, 1.807) is 6.20 Å². The highest BCUT2D eigenvalue weighted by atomic mass is 16.5. The van der Waals surface area contributed by atoms with Crippen LogP contribution in [0.2, 0.25) is 0 Å². The van der Waals surface area contributed by atoms with Crippen LogP contribution in [-0.4, -0.2) is 38.4 Å². The van der Waals surface area contributed by atoms with Gasteiger partial charge in [0.2, 0.25) is 5.95 Å². The standard InChI is InChI=1S/C20H24N6O2/c1-12-7-17(15(20(2,3)4)8-13(12)9-21)28-11-16-14-10-23-19(22-5-6-27)24-18(14)26-25-16/h7-8,10,27H,5-6,11H2,1-4H3,(H2,22,23,24,25,26). The fourth-order valence-electron chi connectivity index (χ4n) is 2.87. The van der Waals surface area contributed by atoms with E-state index in [1.165, 1.54) is 0 Å². The van der Waals surface area contributed by atoms with Gasteiger partial charge in [0.25, 0.3) is 0 Å². The summed E-state index contributed by atoms with van der Waals surface area (Å²) in [4.78, 5) is 8.56. The molecule has 0 atom stereocenters. The maximum atomic E-state index is 9.34. The first kappa shape index (κ1) is 19.6. The Kier molecular flexibility index (Phi) is 5.47. The summed E-state index contributed by atoms with van der Waals surface area (Å²) >= 11 is 0. The van der Waals surface area contributed by atoms with Crippen LogP contribution in [0, 0.1) is 18.3 Å². The predicted octanol–water partition coefficient (Wildman–Crippen LogP) is 2.81. The molecule has 0 saturated carbocycles. The summed E-state index contributed by atoms with van der Waals surface area (Å²) in [5, 5.41) is 29.1. The molecular weight excluding hydrogens is 356 g/mol. The number of hydrogen-bond acceptors (Lipinski definition) is 7. The minimum atomic E-state index is -0.166. The quantitative estimate of drug-likeness (QED) is 0.601. The molecule has 3 N–H and O–H groups in total. The highest BCUT2D eigenvalue weighted by Gasteiger charge is 2.21. The van der Waals surface area contributed by atoms with Gasteiger partial charge in [-0.3, -0.25) is 5.10 Å². The van der Waals surface area contributed by atoms with E-state index in [1.807, 2.05) is 19.1 Å². The lowest BCUT2D eigenvalue weighted by Crippen LogP contribution is -2.14. The monoisotopic (exact) mass is 380 g/mol. The lowest BCUT2D eigenvalue weighted by atomic mass is 9.84. The summed E-state index contributed by atoms with van der Waals surface area (Å²) in [6.45, 7) is 8.82. The van der Waals surface area contributed by atoms with Gasteiger partial charge in [0.05, 0.1) is 29.3 Å². The second-order valence-electron chi connectivity index (χ2n) is 7.60. The van der Waals surface area contributed by atoms with Crippen molar-refractivity contribution in [2.24, 2.45) is 0 Å². The number of H-pyrrole nitrogens is 1. The summed E-state index contributed by atoms with van der Waals surface area (Å²) in [5.41, 5.74) is 3.64. The van der Waals surface area contributed by atoms with Gasteiger partial charge in [0, 0.05) is 18.3 Å². The minimum absolute atomic E-state index is 0.00116. The molecule has 146 valence electrons. The van der Waals surface area contributed by atoms with Crippen molar-refractivity contribution in [3.05, 3.63) is 40.7 Å². The Bertz CT molecular complexity index is 1030. The molecule has 8 heteroatoms. The number of nitriles is 1. The Morgan fingerprint density at radius 2 is 2.11 bits per heavy atom. The number of aromatic nitrogens is 4. The van der Waals surface area contributed by atoms with Gasteiger partial charge in [-0.25, -0.2) is 4.98 Å². The minimum Gasteiger partial charge on any atom is -0.487 e. The van der Waals surface area contributed by atoms with E-state index >= 15 is 0 Å². The molecule has 0 fully saturated rings. The van der Waals surface area contributed by atoms with Crippen molar-refractivity contribution in [2.75, 3.05) is 18.5 Å². The zero-order valence-electron chi connectivity index (χ0n) is 16.5. The third-order valence-corrected chi connectivity index (χ3v) is 4.41. The van der Waals surface area contributed by atoms with Gasteiger partial charge in [-0.05, 0) is 30.0 Å². The number of anilines is 1. The Morgan fingerprint density at radius 3 is 2.79 bits per heavy atom. The molecule has 3 rings (SSSR count). The molecule has 3 aromatic rings. The summed E-state index contributed by atoms with van der Waals surface area (Å²) in [7, 11) is 0. The lowest BCUT2D eigenvalue weighted by Gasteiger charge is -2.23. The number of nitrogens with zero attached hydrogens (tertiary/aromatic N) is 4. The molecule has 0 aliphatic rings. The van der Waals surface area contributed by atoms with E-state index in [9.17, 15) is 5.26 Å². The van der Waals surface area contributed by atoms with Crippen LogP contribution >= 0.6 is 0 Å². The first-order chi connectivity index (χ1) is 13.3. The number of nitrogens with one attached hydrogen (secondary N) is 2. The molecular formula is C20H24N6O2. The largest absolute Gasteiger partial charge is 0.487 e. The summed E-state index contributed by atoms with van der Waals surface area (Å²) in [6, 6.07) is 6.05. The number of aliphatic hydroxyl groups excluding tert-OH is 1. The summed E-state index contributed by atoms with van der Waals surface area (Å²) in [6.07, 6.45) is 1.68. The van der Waals surface area contributed by atoms with E-state index in [-0.39, 0.29) is 18.6 Å². The number of fused-ring (bicyclic) bond motifs is 1. The molecule has 0 aliphatic carbocycles. The molecule has 1 aromatic carbocycles. The van der Waals surface area contributed by atoms with Gasteiger partial charge in [-0.2, -0.15) is 15.3 Å². The Hall–Kier alpha value is -3.18. The summed E-state index contributed by atoms with van der Waals surface area (Å²) < 4.78 is 6.11. The van der Waals surface area contributed by atoms with Crippen molar-refractivity contribution in [2.45, 2.75) is 39.7 Å². The lowest BCUT2D eigenvalue weighted by molar-refractivity contribution is 0.294. The Morgan fingerprint density at radius 1 is 1.32 bits per heavy atom. The molecule has 0 radical (unpaired) electrons. The highest BCUT2D eigenvalue weighted by Crippen LogP contribution is 2.34. The smallest absolute Gasteiger partial charge is 0.224 e. The molecule has 0 unspecified atom stereocenters. The van der Waals surface area contributed by atoms with Gasteiger partial charge in [-0.1, -0.05) is 20.8 Å². The molecule has 2 heterocycles. The maximum absolute atomic E-state index is 9.34. The normalized spacial score (nSPS) is 11.4. The van der Waals surface area contributed by atoms with Crippen LogP contribution in [0.4, 0.5) is 5.95 Å². The Labute approximate surface area is 163 Å². The molecule has 8 nitrogen and oxygen atoms in total. The zero-order valence-corrected chi connectivity index (χ0v) is 16.5. The number of rotatable bonds is 6. The van der Waals surface area contributed by atoms with E-state index in [4.69, 9.17) is 9.84 Å². The molecule has 0 saturated heterocycles. The molecule has 2 aromatic heterocycles. The van der Waals surface area contributed by atoms with Crippen LogP contribution < -0.4 is 10.1 Å². The fraction of sp³-hybridized carbons (Fsp3) is 0.400. The number of ether oxygens (including phenoxy) is 1. The fourth-order valence-corrected chi connectivity index (χ4v) is 2.87. The van der Waals surface area contributed by atoms with Gasteiger partial charge in [-0.15, -0.1) is 0 Å². The van der Waals surface area contributed by atoms with E-state index in [0.717, 1.165) is 28.0 Å². The topological polar surface area (TPSA) is 120 Å². The Balaban J connectivity index is 1.86. The average Bonchev–Trinajstić information content (AvgIpc) is 3.06. The SMILES string of the molecule is Cc1cc(OCc2[nH]nc3nc(NCCO)ncc23)c(C(C)(C)C)cc1C#N. The first-order valence-electron chi connectivity index (χ1n) is 9.06. The van der Waals surface area contributed by atoms with Crippen LogP contribution in [0.25, 0.3) is 11.0 Å². The van der Waals surface area contributed by atoms with Crippen LogP contribution in [-0.2, 0) is 12.0 Å². The van der Waals surface area contributed by atoms with Gasteiger partial charge >= 0.3 is 0 Å². The second kappa shape index (κ2) is 7.82. The number of aryl methyl sites for hydroxylation is 1. The first-order valence-corrected chi connectivity index (χ1v) is 9.06. The van der Waals surface area contributed by atoms with Crippen molar-refractivity contribution < 1.29 is 9.84 Å². The number of hydrogen-bond donors (Lipinski definition) is 3. The average molecular weight is 380 g/mol. The zero-order chi connectivity index (χ0) is 20.3. The van der Waals surface area contributed by atoms with E-state index in [2.05, 4.69) is 52.3 Å². The van der Waals surface area contributed by atoms with Gasteiger partial charge in [0.15, 0.2) is 5.65 Å². The van der Waals surface area contributed by atoms with Crippen LogP contribution in [0.15, 0.2) is 18.3 Å².